The first-order valence-electron chi connectivity index (χ1n) is 11.2. The van der Waals surface area contributed by atoms with Gasteiger partial charge in [-0.2, -0.15) is 0 Å². The Balaban J connectivity index is 1.52. The summed E-state index contributed by atoms with van der Waals surface area (Å²) in [4.78, 5) is 36.9. The van der Waals surface area contributed by atoms with Gasteiger partial charge in [0.25, 0.3) is 5.56 Å². The Kier molecular flexibility index (Phi) is 8.34. The van der Waals surface area contributed by atoms with Gasteiger partial charge in [0, 0.05) is 30.6 Å². The molecule has 12 nitrogen and oxygen atoms in total. The van der Waals surface area contributed by atoms with E-state index in [1.807, 2.05) is 4.98 Å². The zero-order valence-corrected chi connectivity index (χ0v) is 21.5. The van der Waals surface area contributed by atoms with Crippen molar-refractivity contribution < 1.29 is 41.5 Å². The third-order valence-electron chi connectivity index (χ3n) is 5.80. The van der Waals surface area contributed by atoms with Gasteiger partial charge in [-0.3, -0.25) is 32.7 Å². The van der Waals surface area contributed by atoms with E-state index in [9.17, 15) is 18.9 Å². The molecule has 0 aliphatic carbocycles. The molecule has 0 radical (unpaired) electrons. The van der Waals surface area contributed by atoms with Gasteiger partial charge >= 0.3 is 19.5 Å². The van der Waals surface area contributed by atoms with Gasteiger partial charge in [0.2, 0.25) is 0 Å². The number of hydrogen-bond acceptors (Lipinski definition) is 10. The van der Waals surface area contributed by atoms with Gasteiger partial charge in [0.15, 0.2) is 18.7 Å². The summed E-state index contributed by atoms with van der Waals surface area (Å²) in [7, 11) is -4.12. The van der Waals surface area contributed by atoms with Crippen molar-refractivity contribution in [1.29, 1.82) is 0 Å². The summed E-state index contributed by atoms with van der Waals surface area (Å²) < 4.78 is 62.4. The molecule has 2 aliphatic heterocycles. The fourth-order valence-corrected chi connectivity index (χ4v) is 5.68. The van der Waals surface area contributed by atoms with Gasteiger partial charge < -0.3 is 14.2 Å². The Morgan fingerprint density at radius 2 is 2.14 bits per heavy atom. The number of rotatable bonds is 8. The first-order valence-corrected chi connectivity index (χ1v) is 13.1. The summed E-state index contributed by atoms with van der Waals surface area (Å²) in [5.41, 5.74) is -3.31. The number of ether oxygens (including phenoxy) is 3. The molecule has 15 heteroatoms. The van der Waals surface area contributed by atoms with Crippen molar-refractivity contribution in [3.05, 3.63) is 68.0 Å². The van der Waals surface area contributed by atoms with Gasteiger partial charge in [-0.1, -0.05) is 23.7 Å². The fourth-order valence-electron chi connectivity index (χ4n) is 4.09. The van der Waals surface area contributed by atoms with Crippen molar-refractivity contribution in [2.24, 2.45) is 0 Å². The molecule has 3 heterocycles. The molecule has 1 aromatic heterocycles. The Morgan fingerprint density at radius 3 is 2.84 bits per heavy atom. The van der Waals surface area contributed by atoms with Crippen LogP contribution < -0.4 is 11.2 Å². The molecule has 2 aliphatic rings. The number of halogens is 2. The molecule has 4 rings (SSSR count). The summed E-state index contributed by atoms with van der Waals surface area (Å²) in [5.74, 6) is -0.666. The maximum Gasteiger partial charge on any atom is 0.475 e. The molecule has 1 N–H and O–H groups in total. The van der Waals surface area contributed by atoms with Gasteiger partial charge in [-0.25, -0.2) is 13.8 Å². The van der Waals surface area contributed by atoms with Crippen molar-refractivity contribution in [1.82, 2.24) is 9.55 Å². The number of nitrogens with zero attached hydrogens (tertiary/aromatic N) is 1. The number of benzene rings is 1. The molecule has 37 heavy (non-hydrogen) atoms. The van der Waals surface area contributed by atoms with E-state index < -0.39 is 68.6 Å². The van der Waals surface area contributed by atoms with Crippen LogP contribution in [0.2, 0.25) is 5.02 Å². The average molecular weight is 563 g/mol. The van der Waals surface area contributed by atoms with Crippen LogP contribution in [0.4, 0.5) is 4.39 Å². The van der Waals surface area contributed by atoms with Crippen LogP contribution in [0.25, 0.3) is 0 Å². The fraction of sp³-hybridized carbons (Fsp3) is 0.500. The molecule has 6 atom stereocenters. The van der Waals surface area contributed by atoms with E-state index in [0.717, 1.165) is 30.7 Å². The summed E-state index contributed by atoms with van der Waals surface area (Å²) >= 11 is 6.04. The quantitative estimate of drug-likeness (QED) is 0.289. The molecule has 2 aromatic rings. The second-order valence-electron chi connectivity index (χ2n) is 8.55. The van der Waals surface area contributed by atoms with Crippen LogP contribution in [0.3, 0.4) is 0 Å². The molecular weight excluding hydrogens is 538 g/mol. The van der Waals surface area contributed by atoms with Crippen LogP contribution in [-0.4, -0.2) is 53.4 Å². The van der Waals surface area contributed by atoms with Gasteiger partial charge in [-0.15, -0.1) is 0 Å². The van der Waals surface area contributed by atoms with E-state index in [1.54, 1.807) is 24.3 Å². The normalized spacial score (nSPS) is 31.8. The highest BCUT2D eigenvalue weighted by Crippen LogP contribution is 2.57. The minimum Gasteiger partial charge on any atom is -0.439 e. The smallest absolute Gasteiger partial charge is 0.439 e. The van der Waals surface area contributed by atoms with Crippen molar-refractivity contribution >= 4 is 25.4 Å². The molecule has 2 fully saturated rings. The SMILES string of the molecule is CC(=O)OCO[C@@H]1[C@@H](COP2(=O)OCCC(c3cccc(Cl)c3)O2)O[C@@H](n2ccc(=O)[nH]c2=O)[C@]1(C)F. The van der Waals surface area contributed by atoms with Crippen molar-refractivity contribution in [2.75, 3.05) is 20.0 Å². The van der Waals surface area contributed by atoms with E-state index in [0.29, 0.717) is 17.0 Å². The Hall–Kier alpha value is -2.38. The minimum absolute atomic E-state index is 0.0581. The number of hydrogen-bond donors (Lipinski definition) is 1. The first-order chi connectivity index (χ1) is 17.5. The summed E-state index contributed by atoms with van der Waals surface area (Å²) in [6.45, 7) is 1.17. The number of aromatic amines is 1. The standard InChI is InChI=1S/C22H25ClFN2O10P/c1-13(27)31-12-32-19-17(35-20(22(19,2)24)26-8-6-18(28)25-21(26)29)11-34-37(30)33-9-7-16(36-37)14-4-3-5-15(23)10-14/h3-6,8,10,16-17,19-20H,7,9,11-12H2,1-2H3,(H,25,28,29)/t16?,17-,19-,20-,22-,37?/m1/s1. The molecular formula is C22H25ClFN2O10P. The minimum atomic E-state index is -4.12. The second-order valence-corrected chi connectivity index (χ2v) is 10.6. The summed E-state index contributed by atoms with van der Waals surface area (Å²) in [6.07, 6.45) is -3.43. The number of phosphoric ester groups is 1. The highest BCUT2D eigenvalue weighted by molar-refractivity contribution is 7.48. The van der Waals surface area contributed by atoms with Crippen LogP contribution in [-0.2, 0) is 37.1 Å². The zero-order valence-electron chi connectivity index (χ0n) is 19.8. The highest BCUT2D eigenvalue weighted by Gasteiger charge is 2.57. The van der Waals surface area contributed by atoms with E-state index in [-0.39, 0.29) is 6.61 Å². The van der Waals surface area contributed by atoms with Crippen LogP contribution in [0.5, 0.6) is 0 Å². The molecule has 2 saturated heterocycles. The van der Waals surface area contributed by atoms with Crippen LogP contribution >= 0.6 is 19.4 Å². The molecule has 0 saturated carbocycles. The number of carbonyl (C=O) groups is 1. The molecule has 0 amide bonds. The van der Waals surface area contributed by atoms with Gasteiger partial charge in [-0.05, 0) is 24.6 Å². The largest absolute Gasteiger partial charge is 0.475 e. The van der Waals surface area contributed by atoms with E-state index >= 15 is 4.39 Å². The van der Waals surface area contributed by atoms with E-state index in [4.69, 9.17) is 39.4 Å². The van der Waals surface area contributed by atoms with Crippen LogP contribution in [0.15, 0.2) is 46.1 Å². The predicted octanol–water partition coefficient (Wildman–Crippen LogP) is 3.02. The maximum atomic E-state index is 16.0. The predicted molar refractivity (Wildman–Crippen MR) is 126 cm³/mol. The Labute approximate surface area is 215 Å². The van der Waals surface area contributed by atoms with Gasteiger partial charge in [0.05, 0.1) is 19.3 Å². The van der Waals surface area contributed by atoms with Crippen molar-refractivity contribution in [3.8, 4) is 0 Å². The zero-order chi connectivity index (χ0) is 26.8. The third-order valence-corrected chi connectivity index (χ3v) is 7.51. The molecule has 0 spiro atoms. The number of alkyl halides is 1. The molecule has 1 aromatic carbocycles. The lowest BCUT2D eigenvalue weighted by atomic mass is 9.98. The topological polar surface area (TPSA) is 144 Å². The van der Waals surface area contributed by atoms with E-state index in [2.05, 4.69) is 0 Å². The molecule has 2 unspecified atom stereocenters. The van der Waals surface area contributed by atoms with Crippen LogP contribution in [0.1, 0.15) is 38.2 Å². The number of H-pyrrole nitrogens is 1. The number of esters is 1. The van der Waals surface area contributed by atoms with Crippen molar-refractivity contribution in [3.63, 3.8) is 0 Å². The summed E-state index contributed by atoms with van der Waals surface area (Å²) in [6, 6.07) is 7.86. The molecule has 0 bridgehead atoms. The number of aromatic nitrogens is 2. The lowest BCUT2D eigenvalue weighted by Crippen LogP contribution is -2.45. The second kappa shape index (κ2) is 11.2. The maximum absolute atomic E-state index is 16.0. The Morgan fingerprint density at radius 1 is 1.35 bits per heavy atom. The number of phosphoric acid groups is 1. The average Bonchev–Trinajstić information content (AvgIpc) is 3.07. The highest BCUT2D eigenvalue weighted by atomic mass is 35.5. The lowest BCUT2D eigenvalue weighted by molar-refractivity contribution is -0.168. The first kappa shape index (κ1) is 27.6. The third kappa shape index (κ3) is 6.37. The molecule has 202 valence electrons. The number of carbonyl (C=O) groups excluding carboxylic acids is 1. The Bertz CT molecular complexity index is 1300. The number of nitrogens with one attached hydrogen (secondary N) is 1. The summed E-state index contributed by atoms with van der Waals surface area (Å²) in [5, 5.41) is 0.473. The van der Waals surface area contributed by atoms with Gasteiger partial charge in [0.1, 0.15) is 12.2 Å². The van der Waals surface area contributed by atoms with E-state index in [1.165, 1.54) is 0 Å². The van der Waals surface area contributed by atoms with Crippen LogP contribution in [0, 0.1) is 0 Å². The monoisotopic (exact) mass is 562 g/mol. The van der Waals surface area contributed by atoms with Crippen molar-refractivity contribution in [2.45, 2.75) is 50.5 Å². The lowest BCUT2D eigenvalue weighted by Gasteiger charge is -2.30.